The molecule has 1 aromatic rings. The van der Waals surface area contributed by atoms with Crippen molar-refractivity contribution in [1.29, 1.82) is 0 Å². The predicted octanol–water partition coefficient (Wildman–Crippen LogP) is 1.78. The quantitative estimate of drug-likeness (QED) is 0.753. The maximum atomic E-state index is 12.6. The van der Waals surface area contributed by atoms with Crippen molar-refractivity contribution in [2.24, 2.45) is 0 Å². The number of carbonyl (C=O) groups is 2. The van der Waals surface area contributed by atoms with Crippen molar-refractivity contribution in [3.63, 3.8) is 0 Å². The van der Waals surface area contributed by atoms with Crippen LogP contribution in [0.1, 0.15) is 29.6 Å². The monoisotopic (exact) mass is 367 g/mol. The van der Waals surface area contributed by atoms with Crippen LogP contribution in [0.2, 0.25) is 0 Å². The number of nitrogens with zero attached hydrogens (tertiary/aromatic N) is 1. The summed E-state index contributed by atoms with van der Waals surface area (Å²) in [6, 6.07) is 6.91. The molecular weight excluding hydrogens is 346 g/mol. The summed E-state index contributed by atoms with van der Waals surface area (Å²) in [5.74, 6) is -0.112. The van der Waals surface area contributed by atoms with Crippen LogP contribution < -0.4 is 10.6 Å². The molecule has 0 bridgehead atoms. The standard InChI is InChI=1S/C16H22BrN3O2/c1-18-9-3-10-19-15(21)14-4-2-11-20(14)16(22)12-5-7-13(17)8-6-12/h5-8,14,18H,2-4,9-11H2,1H3,(H,19,21). The highest BCUT2D eigenvalue weighted by Gasteiger charge is 2.34. The van der Waals surface area contributed by atoms with Crippen molar-refractivity contribution >= 4 is 27.7 Å². The number of rotatable bonds is 6. The Balaban J connectivity index is 1.96. The van der Waals surface area contributed by atoms with Gasteiger partial charge in [0, 0.05) is 23.1 Å². The second-order valence-corrected chi connectivity index (χ2v) is 6.33. The number of likely N-dealkylation sites (tertiary alicyclic amines) is 1. The molecule has 2 rings (SSSR count). The average Bonchev–Trinajstić information content (AvgIpc) is 3.01. The first-order valence-corrected chi connectivity index (χ1v) is 8.41. The highest BCUT2D eigenvalue weighted by atomic mass is 79.9. The van der Waals surface area contributed by atoms with Crippen LogP contribution in [0.4, 0.5) is 0 Å². The zero-order chi connectivity index (χ0) is 15.9. The van der Waals surface area contributed by atoms with E-state index in [-0.39, 0.29) is 17.9 Å². The average molecular weight is 368 g/mol. The summed E-state index contributed by atoms with van der Waals surface area (Å²) in [6.45, 7) is 2.15. The fraction of sp³-hybridized carbons (Fsp3) is 0.500. The van der Waals surface area contributed by atoms with Gasteiger partial charge in [-0.3, -0.25) is 9.59 Å². The van der Waals surface area contributed by atoms with Gasteiger partial charge in [-0.1, -0.05) is 15.9 Å². The third kappa shape index (κ3) is 4.30. The molecule has 0 radical (unpaired) electrons. The Morgan fingerprint density at radius 2 is 2.00 bits per heavy atom. The molecule has 0 aliphatic carbocycles. The van der Waals surface area contributed by atoms with Crippen molar-refractivity contribution in [3.05, 3.63) is 34.3 Å². The number of hydrogen-bond acceptors (Lipinski definition) is 3. The zero-order valence-corrected chi connectivity index (χ0v) is 14.4. The first kappa shape index (κ1) is 17.0. The molecule has 1 aliphatic heterocycles. The molecule has 2 amide bonds. The van der Waals surface area contributed by atoms with E-state index in [0.29, 0.717) is 18.7 Å². The number of halogens is 1. The molecule has 0 saturated carbocycles. The van der Waals surface area contributed by atoms with Gasteiger partial charge < -0.3 is 15.5 Å². The highest BCUT2D eigenvalue weighted by molar-refractivity contribution is 9.10. The Kier molecular flexibility index (Phi) is 6.39. The Hall–Kier alpha value is -1.40. The molecule has 1 heterocycles. The van der Waals surface area contributed by atoms with Crippen LogP contribution in [-0.2, 0) is 4.79 Å². The number of amides is 2. The van der Waals surface area contributed by atoms with Crippen molar-refractivity contribution in [1.82, 2.24) is 15.5 Å². The number of hydrogen-bond donors (Lipinski definition) is 2. The first-order valence-electron chi connectivity index (χ1n) is 7.62. The lowest BCUT2D eigenvalue weighted by molar-refractivity contribution is -0.124. The lowest BCUT2D eigenvalue weighted by Gasteiger charge is -2.24. The molecule has 1 fully saturated rings. The van der Waals surface area contributed by atoms with Crippen molar-refractivity contribution < 1.29 is 9.59 Å². The van der Waals surface area contributed by atoms with Crippen LogP contribution in [-0.4, -0.2) is 49.4 Å². The van der Waals surface area contributed by atoms with Gasteiger partial charge in [0.25, 0.3) is 5.91 Å². The molecular formula is C16H22BrN3O2. The lowest BCUT2D eigenvalue weighted by atomic mass is 10.1. The zero-order valence-electron chi connectivity index (χ0n) is 12.8. The smallest absolute Gasteiger partial charge is 0.254 e. The summed E-state index contributed by atoms with van der Waals surface area (Å²) in [5.41, 5.74) is 0.623. The second-order valence-electron chi connectivity index (χ2n) is 5.41. The van der Waals surface area contributed by atoms with Crippen LogP contribution in [0.15, 0.2) is 28.7 Å². The Bertz CT molecular complexity index is 519. The van der Waals surface area contributed by atoms with E-state index in [4.69, 9.17) is 0 Å². The number of benzene rings is 1. The maximum absolute atomic E-state index is 12.6. The molecule has 0 aromatic heterocycles. The Labute approximate surface area is 139 Å². The van der Waals surface area contributed by atoms with E-state index < -0.39 is 0 Å². The summed E-state index contributed by atoms with van der Waals surface area (Å²) in [5, 5.41) is 5.97. The van der Waals surface area contributed by atoms with E-state index in [1.165, 1.54) is 0 Å². The largest absolute Gasteiger partial charge is 0.354 e. The molecule has 1 aliphatic rings. The minimum Gasteiger partial charge on any atom is -0.354 e. The van der Waals surface area contributed by atoms with E-state index in [9.17, 15) is 9.59 Å². The van der Waals surface area contributed by atoms with E-state index in [1.54, 1.807) is 17.0 Å². The van der Waals surface area contributed by atoms with Crippen molar-refractivity contribution in [3.8, 4) is 0 Å². The summed E-state index contributed by atoms with van der Waals surface area (Å²) >= 11 is 3.36. The summed E-state index contributed by atoms with van der Waals surface area (Å²) in [7, 11) is 1.89. The van der Waals surface area contributed by atoms with Crippen LogP contribution >= 0.6 is 15.9 Å². The van der Waals surface area contributed by atoms with Crippen molar-refractivity contribution in [2.45, 2.75) is 25.3 Å². The van der Waals surface area contributed by atoms with Crippen LogP contribution in [0.5, 0.6) is 0 Å². The SMILES string of the molecule is CNCCCNC(=O)C1CCCN1C(=O)c1ccc(Br)cc1. The first-order chi connectivity index (χ1) is 10.6. The van der Waals surface area contributed by atoms with Gasteiger partial charge in [0.1, 0.15) is 6.04 Å². The molecule has 1 atom stereocenters. The van der Waals surface area contributed by atoms with Gasteiger partial charge in [-0.15, -0.1) is 0 Å². The van der Waals surface area contributed by atoms with E-state index >= 15 is 0 Å². The van der Waals surface area contributed by atoms with Crippen LogP contribution in [0.25, 0.3) is 0 Å². The molecule has 1 aromatic carbocycles. The molecule has 22 heavy (non-hydrogen) atoms. The highest BCUT2D eigenvalue weighted by Crippen LogP contribution is 2.21. The van der Waals surface area contributed by atoms with Gasteiger partial charge in [-0.2, -0.15) is 0 Å². The molecule has 6 heteroatoms. The third-order valence-corrected chi connectivity index (χ3v) is 4.34. The molecule has 5 nitrogen and oxygen atoms in total. The molecule has 2 N–H and O–H groups in total. The van der Waals surface area contributed by atoms with Gasteiger partial charge in [-0.25, -0.2) is 0 Å². The molecule has 120 valence electrons. The Morgan fingerprint density at radius 1 is 1.27 bits per heavy atom. The van der Waals surface area contributed by atoms with Crippen molar-refractivity contribution in [2.75, 3.05) is 26.7 Å². The van der Waals surface area contributed by atoms with Gasteiger partial charge in [-0.05, 0) is 57.1 Å². The minimum atomic E-state index is -0.342. The van der Waals surface area contributed by atoms with Crippen LogP contribution in [0.3, 0.4) is 0 Å². The third-order valence-electron chi connectivity index (χ3n) is 3.81. The van der Waals surface area contributed by atoms with Crippen LogP contribution in [0, 0.1) is 0 Å². The minimum absolute atomic E-state index is 0.0425. The van der Waals surface area contributed by atoms with E-state index in [1.807, 2.05) is 19.2 Å². The van der Waals surface area contributed by atoms with Gasteiger partial charge in [0.2, 0.25) is 5.91 Å². The number of nitrogens with one attached hydrogen (secondary N) is 2. The lowest BCUT2D eigenvalue weighted by Crippen LogP contribution is -2.46. The van der Waals surface area contributed by atoms with Gasteiger partial charge in [0.05, 0.1) is 0 Å². The summed E-state index contributed by atoms with van der Waals surface area (Å²) in [4.78, 5) is 26.5. The topological polar surface area (TPSA) is 61.4 Å². The molecule has 0 spiro atoms. The molecule has 1 saturated heterocycles. The molecule has 1 unspecified atom stereocenters. The van der Waals surface area contributed by atoms with E-state index in [2.05, 4.69) is 26.6 Å². The second kappa shape index (κ2) is 8.29. The summed E-state index contributed by atoms with van der Waals surface area (Å²) in [6.07, 6.45) is 2.49. The van der Waals surface area contributed by atoms with Gasteiger partial charge in [0.15, 0.2) is 0 Å². The fourth-order valence-corrected chi connectivity index (χ4v) is 2.90. The maximum Gasteiger partial charge on any atom is 0.254 e. The predicted molar refractivity (Wildman–Crippen MR) is 89.8 cm³/mol. The van der Waals surface area contributed by atoms with E-state index in [0.717, 1.165) is 30.3 Å². The Morgan fingerprint density at radius 3 is 2.68 bits per heavy atom. The summed E-state index contributed by atoms with van der Waals surface area (Å²) < 4.78 is 0.935. The van der Waals surface area contributed by atoms with Gasteiger partial charge >= 0.3 is 0 Å². The number of carbonyl (C=O) groups excluding carboxylic acids is 2. The fourth-order valence-electron chi connectivity index (χ4n) is 2.64. The normalized spacial score (nSPS) is 17.5.